The molecule has 4 rings (SSSR count). The fraction of sp³-hybridized carbons (Fsp3) is 0.857. The van der Waals surface area contributed by atoms with Crippen LogP contribution in [0.25, 0.3) is 0 Å². The minimum absolute atomic E-state index is 0.343. The summed E-state index contributed by atoms with van der Waals surface area (Å²) >= 11 is 0. The molecule has 4 atom stereocenters. The van der Waals surface area contributed by atoms with Gasteiger partial charge in [0.05, 0.1) is 12.0 Å². The molecule has 0 spiro atoms. The number of aliphatic carboxylic acids is 1. The Balaban J connectivity index is 1.57. The van der Waals surface area contributed by atoms with Crippen molar-refractivity contribution in [3.8, 4) is 0 Å². The zero-order valence-corrected chi connectivity index (χ0v) is 11.9. The molecule has 0 aliphatic heterocycles. The van der Waals surface area contributed by atoms with Gasteiger partial charge >= 0.3 is 5.97 Å². The first kappa shape index (κ1) is 12.3. The van der Waals surface area contributed by atoms with E-state index in [1.165, 1.54) is 19.3 Å². The molecule has 3 saturated carbocycles. The third kappa shape index (κ3) is 1.56. The van der Waals surface area contributed by atoms with Crippen molar-refractivity contribution in [3.63, 3.8) is 0 Å². The van der Waals surface area contributed by atoms with Gasteiger partial charge < -0.3 is 5.11 Å². The Bertz CT molecular complexity index is 551. The third-order valence-corrected chi connectivity index (χ3v) is 5.72. The van der Waals surface area contributed by atoms with Crippen LogP contribution in [0.15, 0.2) is 0 Å². The van der Waals surface area contributed by atoms with E-state index in [0.29, 0.717) is 12.5 Å². The number of nitrogens with zero attached hydrogens (tertiary/aromatic N) is 4. The molecule has 3 aliphatic carbocycles. The Morgan fingerprint density at radius 1 is 1.35 bits per heavy atom. The highest BCUT2D eigenvalue weighted by Crippen LogP contribution is 2.72. The number of carboxylic acids is 1. The molecule has 3 fully saturated rings. The highest BCUT2D eigenvalue weighted by atomic mass is 16.4. The van der Waals surface area contributed by atoms with Crippen LogP contribution in [-0.2, 0) is 11.3 Å². The zero-order valence-electron chi connectivity index (χ0n) is 11.9. The van der Waals surface area contributed by atoms with Gasteiger partial charge in [0.15, 0.2) is 5.82 Å². The first-order valence-corrected chi connectivity index (χ1v) is 7.48. The molecule has 3 aliphatic rings. The number of hydrogen-bond donors (Lipinski definition) is 1. The summed E-state index contributed by atoms with van der Waals surface area (Å²) in [6.45, 7) is 3.78. The molecule has 4 unspecified atom stereocenters. The van der Waals surface area contributed by atoms with Crippen molar-refractivity contribution in [3.05, 3.63) is 5.82 Å². The van der Waals surface area contributed by atoms with Gasteiger partial charge in [-0.3, -0.25) is 4.79 Å². The Kier molecular flexibility index (Phi) is 2.34. The average Bonchev–Trinajstić information content (AvgIpc) is 2.78. The summed E-state index contributed by atoms with van der Waals surface area (Å²) in [6, 6.07) is 0. The van der Waals surface area contributed by atoms with Gasteiger partial charge in [-0.1, -0.05) is 0 Å². The maximum atomic E-state index is 11.3. The molecule has 1 aromatic rings. The van der Waals surface area contributed by atoms with Crippen LogP contribution in [0.1, 0.15) is 44.9 Å². The number of tetrazole rings is 1. The van der Waals surface area contributed by atoms with Gasteiger partial charge in [-0.2, -0.15) is 0 Å². The van der Waals surface area contributed by atoms with E-state index in [1.54, 1.807) is 18.5 Å². The van der Waals surface area contributed by atoms with Crippen molar-refractivity contribution in [1.82, 2.24) is 20.2 Å². The summed E-state index contributed by atoms with van der Waals surface area (Å²) in [6.07, 6.45) is 4.13. The number of rotatable bonds is 4. The summed E-state index contributed by atoms with van der Waals surface area (Å²) in [5, 5.41) is 21.3. The number of carboxylic acid groups (broad SMARTS) is 1. The van der Waals surface area contributed by atoms with E-state index in [1.807, 2.05) is 0 Å². The lowest BCUT2D eigenvalue weighted by Gasteiger charge is -2.19. The second-order valence-electron chi connectivity index (χ2n) is 7.40. The molecule has 1 aromatic heterocycles. The van der Waals surface area contributed by atoms with Gasteiger partial charge in [0.25, 0.3) is 0 Å². The Hall–Kier alpha value is -1.46. The van der Waals surface area contributed by atoms with Crippen molar-refractivity contribution in [2.45, 2.75) is 45.6 Å². The lowest BCUT2D eigenvalue weighted by molar-refractivity contribution is -0.147. The van der Waals surface area contributed by atoms with Crippen LogP contribution in [-0.4, -0.2) is 31.3 Å². The number of fused-ring (bicyclic) bond motifs is 5. The third-order valence-electron chi connectivity index (χ3n) is 5.72. The normalized spacial score (nSPS) is 38.0. The van der Waals surface area contributed by atoms with Crippen molar-refractivity contribution in [1.29, 1.82) is 0 Å². The quantitative estimate of drug-likeness (QED) is 0.902. The first-order valence-electron chi connectivity index (χ1n) is 7.48. The molecule has 0 aromatic carbocycles. The Morgan fingerprint density at radius 3 is 2.60 bits per heavy atom. The SMILES string of the molecule is CC(C)(Cn1nnnc1C1C2C3CCC(C3)C12)C(=O)O. The number of carbonyl (C=O) groups is 1. The average molecular weight is 276 g/mol. The molecule has 6 nitrogen and oxygen atoms in total. The second kappa shape index (κ2) is 3.80. The standard InChI is InChI=1S/C14H20N4O2/c1-14(2,13(19)20)6-18-12(15-16-17-18)11-9-7-3-4-8(5-7)10(9)11/h7-11H,3-6H2,1-2H3,(H,19,20). The number of hydrogen-bond acceptors (Lipinski definition) is 4. The maximum absolute atomic E-state index is 11.3. The minimum atomic E-state index is -0.840. The predicted molar refractivity (Wildman–Crippen MR) is 69.8 cm³/mol. The van der Waals surface area contributed by atoms with Gasteiger partial charge in [0.2, 0.25) is 0 Å². The van der Waals surface area contributed by atoms with Crippen molar-refractivity contribution in [2.75, 3.05) is 0 Å². The molecule has 108 valence electrons. The molecule has 0 saturated heterocycles. The smallest absolute Gasteiger partial charge is 0.310 e. The van der Waals surface area contributed by atoms with E-state index >= 15 is 0 Å². The van der Waals surface area contributed by atoms with Crippen LogP contribution >= 0.6 is 0 Å². The second-order valence-corrected chi connectivity index (χ2v) is 7.40. The summed E-state index contributed by atoms with van der Waals surface area (Å²) in [5.41, 5.74) is -0.840. The number of aromatic nitrogens is 4. The largest absolute Gasteiger partial charge is 0.481 e. The van der Waals surface area contributed by atoms with Crippen molar-refractivity contribution < 1.29 is 9.90 Å². The van der Waals surface area contributed by atoms with E-state index in [4.69, 9.17) is 0 Å². The fourth-order valence-corrected chi connectivity index (χ4v) is 4.68. The van der Waals surface area contributed by atoms with Gasteiger partial charge in [-0.25, -0.2) is 4.68 Å². The van der Waals surface area contributed by atoms with Gasteiger partial charge in [-0.15, -0.1) is 5.10 Å². The van der Waals surface area contributed by atoms with E-state index in [9.17, 15) is 9.90 Å². The lowest BCUT2D eigenvalue weighted by atomic mass is 9.94. The zero-order chi connectivity index (χ0) is 14.1. The van der Waals surface area contributed by atoms with Crippen molar-refractivity contribution in [2.24, 2.45) is 29.1 Å². The first-order chi connectivity index (χ1) is 9.49. The Labute approximate surface area is 117 Å². The fourth-order valence-electron chi connectivity index (χ4n) is 4.68. The molecule has 20 heavy (non-hydrogen) atoms. The Morgan fingerprint density at radius 2 is 2.00 bits per heavy atom. The van der Waals surface area contributed by atoms with Crippen LogP contribution in [0, 0.1) is 29.1 Å². The predicted octanol–water partition coefficient (Wildman–Crippen LogP) is 1.54. The van der Waals surface area contributed by atoms with Crippen LogP contribution in [0.3, 0.4) is 0 Å². The van der Waals surface area contributed by atoms with E-state index < -0.39 is 11.4 Å². The summed E-state index contributed by atoms with van der Waals surface area (Å²) in [7, 11) is 0. The van der Waals surface area contributed by atoms with Crippen LogP contribution in [0.5, 0.6) is 0 Å². The molecule has 6 heteroatoms. The minimum Gasteiger partial charge on any atom is -0.481 e. The van der Waals surface area contributed by atoms with E-state index in [2.05, 4.69) is 15.5 Å². The monoisotopic (exact) mass is 276 g/mol. The van der Waals surface area contributed by atoms with Crippen LogP contribution in [0.2, 0.25) is 0 Å². The molecule has 0 amide bonds. The molecular weight excluding hydrogens is 256 g/mol. The van der Waals surface area contributed by atoms with E-state index in [0.717, 1.165) is 29.5 Å². The maximum Gasteiger partial charge on any atom is 0.310 e. The van der Waals surface area contributed by atoms with Crippen LogP contribution in [0.4, 0.5) is 0 Å². The van der Waals surface area contributed by atoms with Gasteiger partial charge in [0.1, 0.15) is 0 Å². The van der Waals surface area contributed by atoms with Gasteiger partial charge in [0, 0.05) is 5.92 Å². The summed E-state index contributed by atoms with van der Waals surface area (Å²) in [5.74, 6) is 3.87. The molecular formula is C14H20N4O2. The highest BCUT2D eigenvalue weighted by Gasteiger charge is 2.66. The molecule has 1 heterocycles. The molecule has 0 radical (unpaired) electrons. The van der Waals surface area contributed by atoms with E-state index in [-0.39, 0.29) is 0 Å². The van der Waals surface area contributed by atoms with Crippen LogP contribution < -0.4 is 0 Å². The van der Waals surface area contributed by atoms with Gasteiger partial charge in [-0.05, 0) is 67.2 Å². The summed E-state index contributed by atoms with van der Waals surface area (Å²) < 4.78 is 1.73. The molecule has 2 bridgehead atoms. The lowest BCUT2D eigenvalue weighted by Crippen LogP contribution is -2.30. The highest BCUT2D eigenvalue weighted by molar-refractivity contribution is 5.73. The van der Waals surface area contributed by atoms with Crippen molar-refractivity contribution >= 4 is 5.97 Å². The molecule has 1 N–H and O–H groups in total. The topological polar surface area (TPSA) is 80.9 Å². The summed E-state index contributed by atoms with van der Waals surface area (Å²) in [4.78, 5) is 11.3.